The lowest BCUT2D eigenvalue weighted by Gasteiger charge is -2.43. The molecule has 7 rings (SSSR count). The van der Waals surface area contributed by atoms with Crippen LogP contribution in [0.25, 0.3) is 0 Å². The fourth-order valence-corrected chi connectivity index (χ4v) is 10.7. The van der Waals surface area contributed by atoms with Crippen molar-refractivity contribution < 1.29 is 28.6 Å². The molecule has 1 saturated heterocycles. The van der Waals surface area contributed by atoms with Gasteiger partial charge in [-0.2, -0.15) is 0 Å². The van der Waals surface area contributed by atoms with Crippen LogP contribution in [0, 0.1) is 36.5 Å². The SMILES string of the molecule is CCOC(=O)COc1ccc([C@H]2c3sc(=O)[nH]c3SC3C2[C@H]2C[C@@H]3C3C(=O)N(c4ccc(C)cc4)C(=O)C32)cc1OCC. The van der Waals surface area contributed by atoms with Gasteiger partial charge in [-0.3, -0.25) is 19.3 Å². The van der Waals surface area contributed by atoms with Gasteiger partial charge >= 0.3 is 10.8 Å². The van der Waals surface area contributed by atoms with E-state index < -0.39 is 5.97 Å². The van der Waals surface area contributed by atoms with Crippen molar-refractivity contribution in [1.82, 2.24) is 4.98 Å². The maximum atomic E-state index is 14.0. The van der Waals surface area contributed by atoms with Crippen LogP contribution >= 0.6 is 23.1 Å². The molecule has 2 aliphatic heterocycles. The minimum atomic E-state index is -0.463. The zero-order valence-electron chi connectivity index (χ0n) is 24.0. The summed E-state index contributed by atoms with van der Waals surface area (Å²) in [6, 6.07) is 13.2. The van der Waals surface area contributed by atoms with Crippen LogP contribution in [0.15, 0.2) is 52.3 Å². The maximum absolute atomic E-state index is 14.0. The number of aromatic nitrogens is 1. The van der Waals surface area contributed by atoms with E-state index in [4.69, 9.17) is 14.2 Å². The standard InChI is InChI=1S/C32H32N2O7S2/c1-4-39-21-12-16(8-11-20(21)41-14-22(35)40-5-2)23-24-18-13-19(27(24)42-29-28(23)43-32(38)33-29)26-25(18)30(36)34(31(26)37)17-9-6-15(3)7-10-17/h6-12,18-19,23-27H,4-5,13-14H2,1-3H3,(H,33,38)/t18-,19-,23-,24?,25?,26?,27?/m1/s1. The Morgan fingerprint density at radius 2 is 1.70 bits per heavy atom. The van der Waals surface area contributed by atoms with E-state index >= 15 is 0 Å². The van der Waals surface area contributed by atoms with E-state index in [1.54, 1.807) is 24.8 Å². The molecule has 2 aliphatic carbocycles. The van der Waals surface area contributed by atoms with E-state index in [1.807, 2.05) is 50.2 Å². The molecule has 2 saturated carbocycles. The summed E-state index contributed by atoms with van der Waals surface area (Å²) in [5.41, 5.74) is 2.65. The Balaban J connectivity index is 1.26. The molecule has 3 fully saturated rings. The largest absolute Gasteiger partial charge is 0.490 e. The minimum absolute atomic E-state index is 0.00466. The average Bonchev–Trinajstić information content (AvgIpc) is 3.72. The van der Waals surface area contributed by atoms with Gasteiger partial charge in [-0.05, 0) is 74.8 Å². The van der Waals surface area contributed by atoms with Gasteiger partial charge in [0.2, 0.25) is 11.8 Å². The first-order valence-electron chi connectivity index (χ1n) is 14.7. The number of aromatic amines is 1. The highest BCUT2D eigenvalue weighted by atomic mass is 32.2. The van der Waals surface area contributed by atoms with Crippen LogP contribution in [-0.4, -0.2) is 47.8 Å². The van der Waals surface area contributed by atoms with Gasteiger partial charge < -0.3 is 19.2 Å². The van der Waals surface area contributed by atoms with Crippen molar-refractivity contribution in [3.63, 3.8) is 0 Å². The Morgan fingerprint density at radius 1 is 0.953 bits per heavy atom. The molecule has 224 valence electrons. The number of anilines is 1. The van der Waals surface area contributed by atoms with Gasteiger partial charge in [-0.1, -0.05) is 35.1 Å². The maximum Gasteiger partial charge on any atom is 0.344 e. The van der Waals surface area contributed by atoms with Gasteiger partial charge in [0.05, 0.1) is 35.8 Å². The van der Waals surface area contributed by atoms with Crippen LogP contribution in [0.1, 0.15) is 42.2 Å². The number of hydrogen-bond donors (Lipinski definition) is 1. The van der Waals surface area contributed by atoms with Gasteiger partial charge in [-0.25, -0.2) is 4.79 Å². The Morgan fingerprint density at radius 3 is 2.42 bits per heavy atom. The summed E-state index contributed by atoms with van der Waals surface area (Å²) < 4.78 is 16.7. The first kappa shape index (κ1) is 28.2. The van der Waals surface area contributed by atoms with Crippen molar-refractivity contribution in [1.29, 1.82) is 0 Å². The third kappa shape index (κ3) is 4.50. The molecule has 1 N–H and O–H groups in total. The summed E-state index contributed by atoms with van der Waals surface area (Å²) in [4.78, 5) is 57.6. The quantitative estimate of drug-likeness (QED) is 0.283. The lowest BCUT2D eigenvalue weighted by atomic mass is 9.68. The Hall–Kier alpha value is -3.57. The number of ether oxygens (including phenoxy) is 3. The van der Waals surface area contributed by atoms with E-state index in [9.17, 15) is 19.2 Å². The zero-order valence-corrected chi connectivity index (χ0v) is 25.7. The number of thioether (sulfide) groups is 1. The third-order valence-corrected chi connectivity index (χ3v) is 11.9. The predicted octanol–water partition coefficient (Wildman–Crippen LogP) is 4.76. The highest BCUT2D eigenvalue weighted by molar-refractivity contribution is 8.00. The number of amides is 2. The molecule has 0 radical (unpaired) electrons. The second-order valence-corrected chi connectivity index (χ2v) is 13.7. The molecule has 1 aromatic heterocycles. The minimum Gasteiger partial charge on any atom is -0.490 e. The molecule has 2 bridgehead atoms. The zero-order chi connectivity index (χ0) is 30.0. The van der Waals surface area contributed by atoms with Crippen molar-refractivity contribution in [3.8, 4) is 11.5 Å². The van der Waals surface area contributed by atoms with Crippen LogP contribution in [0.2, 0.25) is 0 Å². The number of carbonyl (C=O) groups is 3. The van der Waals surface area contributed by atoms with Crippen LogP contribution in [0.3, 0.4) is 0 Å². The Bertz CT molecular complexity index is 1660. The number of nitrogens with one attached hydrogen (secondary N) is 1. The highest BCUT2D eigenvalue weighted by Gasteiger charge is 2.69. The van der Waals surface area contributed by atoms with Crippen molar-refractivity contribution in [2.45, 2.75) is 43.4 Å². The summed E-state index contributed by atoms with van der Waals surface area (Å²) in [5.74, 6) is -0.524. The summed E-state index contributed by atoms with van der Waals surface area (Å²) in [6.45, 7) is 6.03. The molecule has 4 unspecified atom stereocenters. The van der Waals surface area contributed by atoms with Crippen molar-refractivity contribution in [2.24, 2.45) is 29.6 Å². The van der Waals surface area contributed by atoms with E-state index in [1.165, 1.54) is 16.2 Å². The first-order chi connectivity index (χ1) is 20.8. The molecule has 3 heterocycles. The molecule has 9 nitrogen and oxygen atoms in total. The smallest absolute Gasteiger partial charge is 0.344 e. The second-order valence-electron chi connectivity index (χ2n) is 11.5. The van der Waals surface area contributed by atoms with Gasteiger partial charge in [0.15, 0.2) is 18.1 Å². The number of thiazole rings is 1. The molecular formula is C32H32N2O7S2. The summed E-state index contributed by atoms with van der Waals surface area (Å²) in [7, 11) is 0. The summed E-state index contributed by atoms with van der Waals surface area (Å²) in [5, 5.41) is 0.928. The number of benzene rings is 2. The van der Waals surface area contributed by atoms with Crippen molar-refractivity contribution >= 4 is 46.6 Å². The molecule has 7 atom stereocenters. The van der Waals surface area contributed by atoms with E-state index in [-0.39, 0.29) is 70.7 Å². The number of H-pyrrole nitrogens is 1. The monoisotopic (exact) mass is 620 g/mol. The Labute approximate surface area is 256 Å². The van der Waals surface area contributed by atoms with Crippen molar-refractivity contribution in [2.75, 3.05) is 24.7 Å². The summed E-state index contributed by atoms with van der Waals surface area (Å²) in [6.07, 6.45) is 0.811. The third-order valence-electron chi connectivity index (χ3n) is 9.29. The highest BCUT2D eigenvalue weighted by Crippen LogP contribution is 2.68. The number of carbonyl (C=O) groups excluding carboxylic acids is 3. The second kappa shape index (κ2) is 10.9. The Kier molecular flexibility index (Phi) is 7.12. The first-order valence-corrected chi connectivity index (χ1v) is 16.4. The topological polar surface area (TPSA) is 115 Å². The number of rotatable bonds is 8. The fourth-order valence-electron chi connectivity index (χ4n) is 7.78. The predicted molar refractivity (Wildman–Crippen MR) is 162 cm³/mol. The molecular weight excluding hydrogens is 588 g/mol. The number of fused-ring (bicyclic) bond motifs is 9. The molecule has 4 aliphatic rings. The summed E-state index contributed by atoms with van der Waals surface area (Å²) >= 11 is 2.87. The van der Waals surface area contributed by atoms with Crippen LogP contribution in [-0.2, 0) is 19.1 Å². The number of esters is 1. The molecule has 0 spiro atoms. The van der Waals surface area contributed by atoms with Crippen molar-refractivity contribution in [3.05, 3.63) is 68.1 Å². The van der Waals surface area contributed by atoms with E-state index in [0.29, 0.717) is 23.8 Å². The fraction of sp³-hybridized carbons (Fsp3) is 0.438. The van der Waals surface area contributed by atoms with Gasteiger partial charge in [-0.15, -0.1) is 11.8 Å². The lowest BCUT2D eigenvalue weighted by Crippen LogP contribution is -2.42. The van der Waals surface area contributed by atoms with Crippen LogP contribution in [0.5, 0.6) is 11.5 Å². The number of imide groups is 1. The van der Waals surface area contributed by atoms with E-state index in [2.05, 4.69) is 4.98 Å². The van der Waals surface area contributed by atoms with Gasteiger partial charge in [0.25, 0.3) is 0 Å². The van der Waals surface area contributed by atoms with Gasteiger partial charge in [0, 0.05) is 16.0 Å². The van der Waals surface area contributed by atoms with Crippen LogP contribution in [0.4, 0.5) is 5.69 Å². The lowest BCUT2D eigenvalue weighted by molar-refractivity contribution is -0.145. The van der Waals surface area contributed by atoms with Crippen LogP contribution < -0.4 is 19.2 Å². The molecule has 2 amide bonds. The molecule has 3 aromatic rings. The van der Waals surface area contributed by atoms with E-state index in [0.717, 1.165) is 27.5 Å². The molecule has 43 heavy (non-hydrogen) atoms. The number of nitrogens with zero attached hydrogens (tertiary/aromatic N) is 1. The van der Waals surface area contributed by atoms with Gasteiger partial charge in [0.1, 0.15) is 0 Å². The number of aryl methyl sites for hydroxylation is 1. The molecule has 11 heteroatoms. The number of hydrogen-bond acceptors (Lipinski definition) is 9. The molecule has 2 aromatic carbocycles. The average molecular weight is 621 g/mol. The normalized spacial score (nSPS) is 28.4.